The molecule has 0 bridgehead atoms. The minimum absolute atomic E-state index is 0. The van der Waals surface area contributed by atoms with Crippen molar-refractivity contribution in [3.05, 3.63) is 34.9 Å². The van der Waals surface area contributed by atoms with Crippen LogP contribution < -0.4 is 5.73 Å². The molecule has 0 saturated carbocycles. The van der Waals surface area contributed by atoms with E-state index in [0.29, 0.717) is 6.54 Å². The standard InChI is InChI=1S/C10H11N.ClH/c1-3-9-5-4-8(2)10(6-9)7-11;/h1,4-6H,7,11H2,2H3;1H. The fourth-order valence-corrected chi connectivity index (χ4v) is 0.981. The smallest absolute Gasteiger partial charge is 0.0246 e. The van der Waals surface area contributed by atoms with E-state index in [4.69, 9.17) is 12.2 Å². The van der Waals surface area contributed by atoms with Crippen LogP contribution in [0.5, 0.6) is 0 Å². The second-order valence-electron chi connectivity index (χ2n) is 2.49. The Morgan fingerprint density at radius 2 is 2.17 bits per heavy atom. The Kier molecular flexibility index (Phi) is 4.43. The number of rotatable bonds is 1. The van der Waals surface area contributed by atoms with Gasteiger partial charge in [-0.2, -0.15) is 0 Å². The van der Waals surface area contributed by atoms with Crippen LogP contribution in [0.1, 0.15) is 16.7 Å². The van der Waals surface area contributed by atoms with Crippen molar-refractivity contribution >= 4 is 12.4 Å². The van der Waals surface area contributed by atoms with Crippen LogP contribution in [0, 0.1) is 19.3 Å². The van der Waals surface area contributed by atoms with Gasteiger partial charge in [-0.3, -0.25) is 0 Å². The molecule has 1 aromatic rings. The molecule has 2 heteroatoms. The molecular formula is C10H12ClN. The summed E-state index contributed by atoms with van der Waals surface area (Å²) in [5, 5.41) is 0. The highest BCUT2D eigenvalue weighted by Crippen LogP contribution is 2.09. The van der Waals surface area contributed by atoms with Crippen molar-refractivity contribution in [3.8, 4) is 12.3 Å². The molecule has 0 spiro atoms. The summed E-state index contributed by atoms with van der Waals surface area (Å²) in [5.41, 5.74) is 8.73. The summed E-state index contributed by atoms with van der Waals surface area (Å²) in [7, 11) is 0. The summed E-state index contributed by atoms with van der Waals surface area (Å²) in [6, 6.07) is 5.88. The second kappa shape index (κ2) is 4.82. The average molecular weight is 182 g/mol. The Labute approximate surface area is 79.4 Å². The van der Waals surface area contributed by atoms with Gasteiger partial charge in [-0.25, -0.2) is 0 Å². The van der Waals surface area contributed by atoms with Crippen molar-refractivity contribution in [1.82, 2.24) is 0 Å². The van der Waals surface area contributed by atoms with E-state index in [2.05, 4.69) is 5.92 Å². The number of hydrogen-bond acceptors (Lipinski definition) is 1. The van der Waals surface area contributed by atoms with Gasteiger partial charge in [0.15, 0.2) is 0 Å². The van der Waals surface area contributed by atoms with Crippen LogP contribution in [0.2, 0.25) is 0 Å². The van der Waals surface area contributed by atoms with E-state index in [1.54, 1.807) is 0 Å². The molecular weight excluding hydrogens is 170 g/mol. The lowest BCUT2D eigenvalue weighted by Gasteiger charge is -2.01. The first-order chi connectivity index (χ1) is 5.27. The Morgan fingerprint density at radius 1 is 1.50 bits per heavy atom. The maximum absolute atomic E-state index is 5.51. The van der Waals surface area contributed by atoms with Crippen LogP contribution in [0.15, 0.2) is 18.2 Å². The predicted molar refractivity (Wildman–Crippen MR) is 54.3 cm³/mol. The molecule has 12 heavy (non-hydrogen) atoms. The van der Waals surface area contributed by atoms with Crippen molar-refractivity contribution in [2.75, 3.05) is 0 Å². The molecule has 0 aliphatic heterocycles. The zero-order valence-corrected chi connectivity index (χ0v) is 7.82. The first-order valence-electron chi connectivity index (χ1n) is 3.54. The van der Waals surface area contributed by atoms with Crippen molar-refractivity contribution in [2.45, 2.75) is 13.5 Å². The molecule has 0 radical (unpaired) electrons. The fraction of sp³-hybridized carbons (Fsp3) is 0.200. The summed E-state index contributed by atoms with van der Waals surface area (Å²) >= 11 is 0. The van der Waals surface area contributed by atoms with Gasteiger partial charge in [0.1, 0.15) is 0 Å². The summed E-state index contributed by atoms with van der Waals surface area (Å²) in [5.74, 6) is 2.57. The maximum atomic E-state index is 5.51. The van der Waals surface area contributed by atoms with E-state index in [1.165, 1.54) is 5.56 Å². The van der Waals surface area contributed by atoms with E-state index in [0.717, 1.165) is 11.1 Å². The van der Waals surface area contributed by atoms with E-state index in [1.807, 2.05) is 25.1 Å². The first kappa shape index (κ1) is 11.0. The lowest BCUT2D eigenvalue weighted by Crippen LogP contribution is -1.99. The fourth-order valence-electron chi connectivity index (χ4n) is 0.981. The van der Waals surface area contributed by atoms with Crippen molar-refractivity contribution in [2.24, 2.45) is 5.73 Å². The number of terminal acetylenes is 1. The van der Waals surface area contributed by atoms with Gasteiger partial charge >= 0.3 is 0 Å². The van der Waals surface area contributed by atoms with E-state index in [9.17, 15) is 0 Å². The number of hydrogen-bond donors (Lipinski definition) is 1. The molecule has 0 heterocycles. The van der Waals surface area contributed by atoms with E-state index < -0.39 is 0 Å². The zero-order valence-electron chi connectivity index (χ0n) is 7.00. The molecule has 2 N–H and O–H groups in total. The minimum Gasteiger partial charge on any atom is -0.326 e. The Balaban J connectivity index is 0.00000121. The van der Waals surface area contributed by atoms with Gasteiger partial charge in [0.25, 0.3) is 0 Å². The lowest BCUT2D eigenvalue weighted by molar-refractivity contribution is 1.05. The Hall–Kier alpha value is -0.970. The van der Waals surface area contributed by atoms with Crippen molar-refractivity contribution in [1.29, 1.82) is 0 Å². The third-order valence-electron chi connectivity index (χ3n) is 1.74. The average Bonchev–Trinajstić information content (AvgIpc) is 2.05. The monoisotopic (exact) mass is 181 g/mol. The molecule has 0 fully saturated rings. The molecule has 0 saturated heterocycles. The number of benzene rings is 1. The van der Waals surface area contributed by atoms with Crippen molar-refractivity contribution < 1.29 is 0 Å². The van der Waals surface area contributed by atoms with Crippen LogP contribution in [0.3, 0.4) is 0 Å². The third-order valence-corrected chi connectivity index (χ3v) is 1.74. The zero-order chi connectivity index (χ0) is 8.27. The molecule has 64 valence electrons. The molecule has 1 nitrogen and oxygen atoms in total. The van der Waals surface area contributed by atoms with Crippen LogP contribution in [-0.2, 0) is 6.54 Å². The number of halogens is 1. The molecule has 0 aliphatic rings. The lowest BCUT2D eigenvalue weighted by atomic mass is 10.1. The summed E-state index contributed by atoms with van der Waals surface area (Å²) in [6.45, 7) is 2.59. The topological polar surface area (TPSA) is 26.0 Å². The minimum atomic E-state index is 0. The van der Waals surface area contributed by atoms with Gasteiger partial charge < -0.3 is 5.73 Å². The molecule has 0 atom stereocenters. The maximum Gasteiger partial charge on any atom is 0.0246 e. The van der Waals surface area contributed by atoms with Crippen LogP contribution in [-0.4, -0.2) is 0 Å². The van der Waals surface area contributed by atoms with E-state index in [-0.39, 0.29) is 12.4 Å². The van der Waals surface area contributed by atoms with Crippen LogP contribution in [0.4, 0.5) is 0 Å². The highest BCUT2D eigenvalue weighted by Gasteiger charge is 1.95. The molecule has 0 aromatic heterocycles. The van der Waals surface area contributed by atoms with Gasteiger partial charge in [-0.15, -0.1) is 18.8 Å². The van der Waals surface area contributed by atoms with Gasteiger partial charge in [-0.1, -0.05) is 12.0 Å². The third kappa shape index (κ3) is 2.27. The van der Waals surface area contributed by atoms with E-state index >= 15 is 0 Å². The highest BCUT2D eigenvalue weighted by molar-refractivity contribution is 5.85. The SMILES string of the molecule is C#Cc1ccc(C)c(CN)c1.Cl. The largest absolute Gasteiger partial charge is 0.326 e. The Bertz CT molecular complexity index is 299. The highest BCUT2D eigenvalue weighted by atomic mass is 35.5. The van der Waals surface area contributed by atoms with Gasteiger partial charge in [0.2, 0.25) is 0 Å². The normalized spacial score (nSPS) is 8.42. The quantitative estimate of drug-likeness (QED) is 0.658. The summed E-state index contributed by atoms with van der Waals surface area (Å²) in [4.78, 5) is 0. The van der Waals surface area contributed by atoms with Gasteiger partial charge in [0, 0.05) is 12.1 Å². The van der Waals surface area contributed by atoms with Crippen LogP contribution >= 0.6 is 12.4 Å². The molecule has 1 rings (SSSR count). The van der Waals surface area contributed by atoms with Crippen molar-refractivity contribution in [3.63, 3.8) is 0 Å². The number of aryl methyl sites for hydroxylation is 1. The second-order valence-corrected chi connectivity index (χ2v) is 2.49. The summed E-state index contributed by atoms with van der Waals surface area (Å²) < 4.78 is 0. The molecule has 0 unspecified atom stereocenters. The molecule has 0 amide bonds. The van der Waals surface area contributed by atoms with Crippen LogP contribution in [0.25, 0.3) is 0 Å². The predicted octanol–water partition coefficient (Wildman–Crippen LogP) is 1.86. The summed E-state index contributed by atoms with van der Waals surface area (Å²) in [6.07, 6.45) is 5.23. The molecule has 1 aromatic carbocycles. The first-order valence-corrected chi connectivity index (χ1v) is 3.54. The molecule has 0 aliphatic carbocycles. The number of nitrogens with two attached hydrogens (primary N) is 1. The Morgan fingerprint density at radius 3 is 2.67 bits per heavy atom. The van der Waals surface area contributed by atoms with Gasteiger partial charge in [-0.05, 0) is 30.2 Å². The van der Waals surface area contributed by atoms with Gasteiger partial charge in [0.05, 0.1) is 0 Å².